The molecule has 2 heterocycles. The molecule has 0 radical (unpaired) electrons. The van der Waals surface area contributed by atoms with Crippen LogP contribution < -0.4 is 10.1 Å². The van der Waals surface area contributed by atoms with Gasteiger partial charge in [-0.1, -0.05) is 59.6 Å². The molecule has 8 heteroatoms. The van der Waals surface area contributed by atoms with E-state index in [0.29, 0.717) is 16.6 Å². The van der Waals surface area contributed by atoms with Crippen molar-refractivity contribution in [3.63, 3.8) is 0 Å². The van der Waals surface area contributed by atoms with Crippen LogP contribution in [0.5, 0.6) is 5.75 Å². The molecule has 1 aromatic heterocycles. The van der Waals surface area contributed by atoms with E-state index in [0.717, 1.165) is 24.0 Å². The smallest absolute Gasteiger partial charge is 0.264 e. The molecular weight excluding hydrogens is 380 g/mol. The molecule has 0 saturated carbocycles. The normalized spacial score (nSPS) is 14.2. The number of hydrogen-bond donors (Lipinski definition) is 1. The van der Waals surface area contributed by atoms with Crippen molar-refractivity contribution in [2.75, 3.05) is 37.3 Å². The Morgan fingerprint density at radius 3 is 2.81 bits per heavy atom. The van der Waals surface area contributed by atoms with Gasteiger partial charge < -0.3 is 4.74 Å². The Hall–Kier alpha value is -2.08. The van der Waals surface area contributed by atoms with E-state index in [2.05, 4.69) is 32.3 Å². The minimum absolute atomic E-state index is 0.0615. The van der Waals surface area contributed by atoms with Gasteiger partial charge >= 0.3 is 0 Å². The number of nitrogens with one attached hydrogen (secondary N) is 1. The molecule has 0 atom stereocenters. The van der Waals surface area contributed by atoms with Crippen molar-refractivity contribution in [2.24, 2.45) is 0 Å². The Kier molecular flexibility index (Phi) is 7.96. The Bertz CT molecular complexity index is 780. The lowest BCUT2D eigenvalue weighted by Crippen LogP contribution is -2.29. The number of aromatic nitrogens is 2. The SMILES string of the molecule is O=C(COc1ccccc1)Nc1nnc(SCC#CCN2CCCCC2)s1. The van der Waals surface area contributed by atoms with E-state index in [1.807, 2.05) is 18.2 Å². The number of piperidine rings is 1. The predicted octanol–water partition coefficient (Wildman–Crippen LogP) is 3.14. The van der Waals surface area contributed by atoms with Crippen LogP contribution in [0, 0.1) is 11.8 Å². The van der Waals surface area contributed by atoms with Crippen molar-refractivity contribution in [2.45, 2.75) is 23.6 Å². The monoisotopic (exact) mass is 402 g/mol. The molecular formula is C19H22N4O2S2. The van der Waals surface area contributed by atoms with Crippen molar-refractivity contribution in [3.8, 4) is 17.6 Å². The molecule has 1 saturated heterocycles. The highest BCUT2D eigenvalue weighted by Gasteiger charge is 2.09. The fourth-order valence-corrected chi connectivity index (χ4v) is 4.11. The van der Waals surface area contributed by atoms with Crippen molar-refractivity contribution in [1.29, 1.82) is 0 Å². The Labute approximate surface area is 167 Å². The van der Waals surface area contributed by atoms with Crippen molar-refractivity contribution in [1.82, 2.24) is 15.1 Å². The highest BCUT2D eigenvalue weighted by Crippen LogP contribution is 2.25. The minimum atomic E-state index is -0.257. The maximum absolute atomic E-state index is 11.9. The van der Waals surface area contributed by atoms with E-state index in [9.17, 15) is 4.79 Å². The van der Waals surface area contributed by atoms with E-state index in [1.165, 1.54) is 42.4 Å². The van der Waals surface area contributed by atoms with Crippen LogP contribution in [-0.4, -0.2) is 53.0 Å². The number of thioether (sulfide) groups is 1. The third-order valence-electron chi connectivity index (χ3n) is 3.91. The molecule has 27 heavy (non-hydrogen) atoms. The lowest BCUT2D eigenvalue weighted by molar-refractivity contribution is -0.118. The molecule has 0 unspecified atom stereocenters. The zero-order chi connectivity index (χ0) is 18.7. The first-order chi connectivity index (χ1) is 13.3. The second-order valence-corrected chi connectivity index (χ2v) is 8.20. The third-order valence-corrected chi connectivity index (χ3v) is 5.76. The van der Waals surface area contributed by atoms with Crippen LogP contribution in [0.25, 0.3) is 0 Å². The molecule has 1 fully saturated rings. The third kappa shape index (κ3) is 7.21. The van der Waals surface area contributed by atoms with Crippen LogP contribution in [0.15, 0.2) is 34.7 Å². The first-order valence-electron chi connectivity index (χ1n) is 8.92. The average Bonchev–Trinajstić information content (AvgIpc) is 3.15. The van der Waals surface area contributed by atoms with Crippen LogP contribution >= 0.6 is 23.1 Å². The molecule has 0 bridgehead atoms. The van der Waals surface area contributed by atoms with Crippen LogP contribution in [0.4, 0.5) is 5.13 Å². The summed E-state index contributed by atoms with van der Waals surface area (Å²) in [7, 11) is 0. The van der Waals surface area contributed by atoms with Gasteiger partial charge in [0.05, 0.1) is 12.3 Å². The van der Waals surface area contributed by atoms with Gasteiger partial charge in [0, 0.05) is 0 Å². The zero-order valence-corrected chi connectivity index (χ0v) is 16.7. The van der Waals surface area contributed by atoms with Gasteiger partial charge in [-0.3, -0.25) is 15.0 Å². The summed E-state index contributed by atoms with van der Waals surface area (Å²) in [6, 6.07) is 9.22. The second kappa shape index (κ2) is 10.9. The Morgan fingerprint density at radius 1 is 1.19 bits per heavy atom. The standard InChI is InChI=1S/C19H22N4O2S2/c24-17(15-25-16-9-3-1-4-10-16)20-18-21-22-19(27-18)26-14-8-7-13-23-11-5-2-6-12-23/h1,3-4,9-10H,2,5-6,11-15H2,(H,20,21,24). The fraction of sp³-hybridized carbons (Fsp3) is 0.421. The summed E-state index contributed by atoms with van der Waals surface area (Å²) in [5.41, 5.74) is 0. The number of rotatable bonds is 7. The van der Waals surface area contributed by atoms with Crippen LogP contribution in [0.1, 0.15) is 19.3 Å². The maximum atomic E-state index is 11.9. The number of amides is 1. The number of likely N-dealkylation sites (tertiary alicyclic amines) is 1. The zero-order valence-electron chi connectivity index (χ0n) is 15.0. The number of benzene rings is 1. The molecule has 1 aliphatic heterocycles. The van der Waals surface area contributed by atoms with Crippen LogP contribution in [-0.2, 0) is 4.79 Å². The van der Waals surface area contributed by atoms with E-state index in [1.54, 1.807) is 12.1 Å². The average molecular weight is 403 g/mol. The highest BCUT2D eigenvalue weighted by atomic mass is 32.2. The summed E-state index contributed by atoms with van der Waals surface area (Å²) in [5.74, 6) is 7.47. The van der Waals surface area contributed by atoms with Crippen LogP contribution in [0.3, 0.4) is 0 Å². The Morgan fingerprint density at radius 2 is 2.00 bits per heavy atom. The summed E-state index contributed by atoms with van der Waals surface area (Å²) < 4.78 is 6.20. The number of anilines is 1. The van der Waals surface area contributed by atoms with Gasteiger partial charge in [0.25, 0.3) is 5.91 Å². The summed E-state index contributed by atoms with van der Waals surface area (Å²) in [4.78, 5) is 14.3. The maximum Gasteiger partial charge on any atom is 0.264 e. The number of ether oxygens (including phenoxy) is 1. The van der Waals surface area contributed by atoms with Gasteiger partial charge in [0.1, 0.15) is 5.75 Å². The van der Waals surface area contributed by atoms with Gasteiger partial charge in [0.15, 0.2) is 10.9 Å². The predicted molar refractivity (Wildman–Crippen MR) is 109 cm³/mol. The van der Waals surface area contributed by atoms with Crippen molar-refractivity contribution >= 4 is 34.1 Å². The lowest BCUT2D eigenvalue weighted by Gasteiger charge is -2.23. The highest BCUT2D eigenvalue weighted by molar-refractivity contribution is 8.01. The molecule has 142 valence electrons. The molecule has 6 nitrogen and oxygen atoms in total. The van der Waals surface area contributed by atoms with Crippen LogP contribution in [0.2, 0.25) is 0 Å². The number of nitrogens with zero attached hydrogens (tertiary/aromatic N) is 3. The number of para-hydroxylation sites is 1. The van der Waals surface area contributed by atoms with E-state index < -0.39 is 0 Å². The fourth-order valence-electron chi connectivity index (χ4n) is 2.57. The van der Waals surface area contributed by atoms with E-state index >= 15 is 0 Å². The lowest BCUT2D eigenvalue weighted by atomic mass is 10.1. The summed E-state index contributed by atoms with van der Waals surface area (Å²) >= 11 is 2.88. The molecule has 1 N–H and O–H groups in total. The molecule has 1 amide bonds. The van der Waals surface area contributed by atoms with E-state index in [4.69, 9.17) is 4.74 Å². The van der Waals surface area contributed by atoms with Crippen molar-refractivity contribution in [3.05, 3.63) is 30.3 Å². The van der Waals surface area contributed by atoms with Crippen molar-refractivity contribution < 1.29 is 9.53 Å². The molecule has 0 aliphatic carbocycles. The number of carbonyl (C=O) groups excluding carboxylic acids is 1. The molecule has 3 rings (SSSR count). The summed E-state index contributed by atoms with van der Waals surface area (Å²) in [6.45, 7) is 3.11. The Balaban J connectivity index is 1.35. The molecule has 0 spiro atoms. The van der Waals surface area contributed by atoms with Gasteiger partial charge in [-0.15, -0.1) is 10.2 Å². The molecule has 1 aromatic carbocycles. The van der Waals surface area contributed by atoms with Gasteiger partial charge in [0.2, 0.25) is 5.13 Å². The first kappa shape index (κ1) is 19.7. The molecule has 1 aliphatic rings. The van der Waals surface area contributed by atoms with Gasteiger partial charge in [-0.2, -0.15) is 0 Å². The first-order valence-corrected chi connectivity index (χ1v) is 10.7. The summed E-state index contributed by atoms with van der Waals surface area (Å²) in [6.07, 6.45) is 3.91. The number of carbonyl (C=O) groups is 1. The van der Waals surface area contributed by atoms with E-state index in [-0.39, 0.29) is 12.5 Å². The van der Waals surface area contributed by atoms with Gasteiger partial charge in [-0.25, -0.2) is 0 Å². The summed E-state index contributed by atoms with van der Waals surface area (Å²) in [5, 5.41) is 11.2. The largest absolute Gasteiger partial charge is 0.484 e. The number of hydrogen-bond acceptors (Lipinski definition) is 7. The van der Waals surface area contributed by atoms with Gasteiger partial charge in [-0.05, 0) is 38.1 Å². The topological polar surface area (TPSA) is 67.3 Å². The minimum Gasteiger partial charge on any atom is -0.484 e. The molecule has 2 aromatic rings. The quantitative estimate of drug-likeness (QED) is 0.436. The second-order valence-electron chi connectivity index (χ2n) is 6.00.